The molecule has 2 rings (SSSR count). The van der Waals surface area contributed by atoms with Crippen molar-refractivity contribution in [3.63, 3.8) is 0 Å². The molecule has 0 bridgehead atoms. The smallest absolute Gasteiger partial charge is 0.317 e. The summed E-state index contributed by atoms with van der Waals surface area (Å²) in [4.78, 5) is 23.6. The summed E-state index contributed by atoms with van der Waals surface area (Å²) in [5, 5.41) is 0. The molecule has 0 saturated carbocycles. The number of hydrogen-bond acceptors (Lipinski definition) is 4. The van der Waals surface area contributed by atoms with Crippen LogP contribution < -0.4 is 0 Å². The molecule has 15 heavy (non-hydrogen) atoms. The molecule has 1 aliphatic heterocycles. The van der Waals surface area contributed by atoms with Crippen molar-refractivity contribution in [1.82, 2.24) is 0 Å². The van der Waals surface area contributed by atoms with Crippen LogP contribution in [-0.2, 0) is 14.3 Å². The highest BCUT2D eigenvalue weighted by molar-refractivity contribution is 8.00. The Hall–Kier alpha value is -1.29. The van der Waals surface area contributed by atoms with Crippen LogP contribution in [0.3, 0.4) is 0 Å². The van der Waals surface area contributed by atoms with Gasteiger partial charge in [0, 0.05) is 4.90 Å². The van der Waals surface area contributed by atoms with Gasteiger partial charge in [0.15, 0.2) is 5.78 Å². The van der Waals surface area contributed by atoms with Gasteiger partial charge in [-0.1, -0.05) is 30.0 Å². The van der Waals surface area contributed by atoms with Crippen LogP contribution in [0.2, 0.25) is 0 Å². The van der Waals surface area contributed by atoms with Crippen LogP contribution in [0.25, 0.3) is 0 Å². The minimum atomic E-state index is -0.671. The van der Waals surface area contributed by atoms with Crippen LogP contribution >= 0.6 is 11.8 Å². The van der Waals surface area contributed by atoms with E-state index >= 15 is 0 Å². The standard InChI is InChI=1S/C11H10O3S/c1-7-9(12)11(14-10(7)13)15-8-5-3-2-4-6-8/h2-7,11H,1H3. The quantitative estimate of drug-likeness (QED) is 0.566. The Morgan fingerprint density at radius 3 is 2.40 bits per heavy atom. The SMILES string of the molecule is CC1C(=O)OC(Sc2ccccc2)C1=O. The highest BCUT2D eigenvalue weighted by Crippen LogP contribution is 2.31. The highest BCUT2D eigenvalue weighted by Gasteiger charge is 2.40. The highest BCUT2D eigenvalue weighted by atomic mass is 32.2. The van der Waals surface area contributed by atoms with Crippen LogP contribution in [0.1, 0.15) is 6.92 Å². The summed E-state index contributed by atoms with van der Waals surface area (Å²) in [6.45, 7) is 1.58. The number of esters is 1. The van der Waals surface area contributed by atoms with Crippen LogP contribution in [0, 0.1) is 5.92 Å². The van der Waals surface area contributed by atoms with Crippen LogP contribution in [0.4, 0.5) is 0 Å². The molecule has 1 aliphatic rings. The third-order valence-electron chi connectivity index (χ3n) is 2.22. The Labute approximate surface area is 91.8 Å². The fourth-order valence-corrected chi connectivity index (χ4v) is 2.32. The van der Waals surface area contributed by atoms with Gasteiger partial charge in [-0.3, -0.25) is 9.59 Å². The van der Waals surface area contributed by atoms with Crippen LogP contribution in [0.15, 0.2) is 35.2 Å². The van der Waals surface area contributed by atoms with Crippen molar-refractivity contribution in [3.8, 4) is 0 Å². The maximum atomic E-state index is 11.6. The molecule has 0 spiro atoms. The molecule has 3 nitrogen and oxygen atoms in total. The third kappa shape index (κ3) is 2.04. The van der Waals surface area contributed by atoms with Gasteiger partial charge in [0.1, 0.15) is 5.92 Å². The summed E-state index contributed by atoms with van der Waals surface area (Å²) in [5.74, 6) is -1.19. The summed E-state index contributed by atoms with van der Waals surface area (Å²) >= 11 is 1.27. The topological polar surface area (TPSA) is 43.4 Å². The summed E-state index contributed by atoms with van der Waals surface area (Å²) in [6.07, 6.45) is 0. The van der Waals surface area contributed by atoms with Crippen molar-refractivity contribution in [2.24, 2.45) is 5.92 Å². The summed E-state index contributed by atoms with van der Waals surface area (Å²) in [7, 11) is 0. The minimum absolute atomic E-state index is 0.145. The fraction of sp³-hybridized carbons (Fsp3) is 0.273. The molecule has 1 aromatic carbocycles. The van der Waals surface area contributed by atoms with Crippen molar-refractivity contribution in [3.05, 3.63) is 30.3 Å². The van der Waals surface area contributed by atoms with E-state index in [1.54, 1.807) is 6.92 Å². The van der Waals surface area contributed by atoms with E-state index < -0.39 is 17.3 Å². The van der Waals surface area contributed by atoms with Crippen molar-refractivity contribution in [2.45, 2.75) is 17.3 Å². The molecular formula is C11H10O3S. The molecule has 4 heteroatoms. The average Bonchev–Trinajstić information content (AvgIpc) is 2.48. The number of carbonyl (C=O) groups excluding carboxylic acids is 2. The monoisotopic (exact) mass is 222 g/mol. The predicted molar refractivity (Wildman–Crippen MR) is 56.4 cm³/mol. The lowest BCUT2D eigenvalue weighted by molar-refractivity contribution is -0.141. The largest absolute Gasteiger partial charge is 0.442 e. The Balaban J connectivity index is 2.09. The first kappa shape index (κ1) is 10.2. The van der Waals surface area contributed by atoms with E-state index in [9.17, 15) is 9.59 Å². The van der Waals surface area contributed by atoms with Gasteiger partial charge in [-0.05, 0) is 19.1 Å². The molecule has 0 aromatic heterocycles. The van der Waals surface area contributed by atoms with E-state index in [0.717, 1.165) is 4.90 Å². The van der Waals surface area contributed by atoms with Crippen LogP contribution in [-0.4, -0.2) is 17.2 Å². The second-order valence-corrected chi connectivity index (χ2v) is 4.46. The van der Waals surface area contributed by atoms with Gasteiger partial charge in [0.05, 0.1) is 0 Å². The normalized spacial score (nSPS) is 25.4. The zero-order valence-corrected chi connectivity index (χ0v) is 8.99. The number of hydrogen-bond donors (Lipinski definition) is 0. The van der Waals surface area contributed by atoms with Crippen LogP contribution in [0.5, 0.6) is 0 Å². The molecule has 1 heterocycles. The lowest BCUT2D eigenvalue weighted by atomic mass is 10.1. The second-order valence-electron chi connectivity index (χ2n) is 3.32. The molecule has 1 saturated heterocycles. The maximum absolute atomic E-state index is 11.6. The number of ether oxygens (including phenoxy) is 1. The first-order valence-electron chi connectivity index (χ1n) is 4.64. The van der Waals surface area contributed by atoms with E-state index in [-0.39, 0.29) is 5.78 Å². The molecule has 0 N–H and O–H groups in total. The van der Waals surface area contributed by atoms with Crippen molar-refractivity contribution in [1.29, 1.82) is 0 Å². The molecule has 1 aromatic rings. The van der Waals surface area contributed by atoms with Gasteiger partial charge in [-0.2, -0.15) is 0 Å². The Kier molecular flexibility index (Phi) is 2.77. The molecule has 0 aliphatic carbocycles. The molecule has 1 fully saturated rings. The van der Waals surface area contributed by atoms with Gasteiger partial charge in [0.25, 0.3) is 0 Å². The predicted octanol–water partition coefficient (Wildman–Crippen LogP) is 1.87. The van der Waals surface area contributed by atoms with Gasteiger partial charge in [0.2, 0.25) is 5.44 Å². The molecule has 2 unspecified atom stereocenters. The number of thioether (sulfide) groups is 1. The summed E-state index contributed by atoms with van der Waals surface area (Å²) in [5.41, 5.74) is -0.671. The van der Waals surface area contributed by atoms with E-state index in [4.69, 9.17) is 4.74 Å². The number of Topliss-reactive ketones (excluding diaryl/α,β-unsaturated/α-hetero) is 1. The van der Waals surface area contributed by atoms with Gasteiger partial charge >= 0.3 is 5.97 Å². The lowest BCUT2D eigenvalue weighted by Gasteiger charge is -2.06. The van der Waals surface area contributed by atoms with E-state index in [0.29, 0.717) is 0 Å². The van der Waals surface area contributed by atoms with Gasteiger partial charge in [-0.25, -0.2) is 0 Å². The molecule has 78 valence electrons. The Bertz CT molecular complexity index is 388. The van der Waals surface area contributed by atoms with E-state index in [1.807, 2.05) is 30.3 Å². The second kappa shape index (κ2) is 4.06. The van der Waals surface area contributed by atoms with Crippen molar-refractivity contribution >= 4 is 23.5 Å². The average molecular weight is 222 g/mol. The minimum Gasteiger partial charge on any atom is -0.442 e. The first-order chi connectivity index (χ1) is 7.18. The van der Waals surface area contributed by atoms with Crippen molar-refractivity contribution < 1.29 is 14.3 Å². The van der Waals surface area contributed by atoms with Gasteiger partial charge in [-0.15, -0.1) is 0 Å². The third-order valence-corrected chi connectivity index (χ3v) is 3.31. The fourth-order valence-electron chi connectivity index (χ4n) is 1.29. The Morgan fingerprint density at radius 1 is 1.20 bits per heavy atom. The van der Waals surface area contributed by atoms with Gasteiger partial charge < -0.3 is 4.74 Å². The molecule has 2 atom stereocenters. The molecule has 0 radical (unpaired) electrons. The number of rotatable bonds is 2. The molecular weight excluding hydrogens is 212 g/mol. The summed E-state index contributed by atoms with van der Waals surface area (Å²) in [6, 6.07) is 9.43. The number of ketones is 1. The first-order valence-corrected chi connectivity index (χ1v) is 5.52. The zero-order valence-electron chi connectivity index (χ0n) is 8.17. The van der Waals surface area contributed by atoms with E-state index in [2.05, 4.69) is 0 Å². The zero-order chi connectivity index (χ0) is 10.8. The molecule has 0 amide bonds. The maximum Gasteiger partial charge on any atom is 0.317 e. The number of carbonyl (C=O) groups is 2. The number of benzene rings is 1. The Morgan fingerprint density at radius 2 is 1.87 bits per heavy atom. The number of cyclic esters (lactones) is 1. The summed E-state index contributed by atoms with van der Waals surface area (Å²) < 4.78 is 4.96. The lowest BCUT2D eigenvalue weighted by Crippen LogP contribution is -2.15. The van der Waals surface area contributed by atoms with E-state index in [1.165, 1.54) is 11.8 Å². The van der Waals surface area contributed by atoms with Crippen molar-refractivity contribution in [2.75, 3.05) is 0 Å².